The predicted molar refractivity (Wildman–Crippen MR) is 88.9 cm³/mol. The Kier molecular flexibility index (Phi) is 3.41. The maximum absolute atomic E-state index is 12.5. The Morgan fingerprint density at radius 3 is 2.38 bits per heavy atom. The molecule has 2 N–H and O–H groups in total. The Hall–Kier alpha value is -2.62. The number of phenolic OH excluding ortho intramolecular Hbond substituents is 2. The SMILES string of the molecule is O=C1CCC(c2ccc(O)c3c2C(=O)CCC3)c2cccc(O)c21. The molecule has 1 atom stereocenters. The summed E-state index contributed by atoms with van der Waals surface area (Å²) >= 11 is 0. The third-order valence-corrected chi connectivity index (χ3v) is 5.19. The maximum atomic E-state index is 12.5. The van der Waals surface area contributed by atoms with Gasteiger partial charge in [0.15, 0.2) is 11.6 Å². The molecule has 0 bridgehead atoms. The van der Waals surface area contributed by atoms with Crippen LogP contribution in [-0.4, -0.2) is 21.8 Å². The fourth-order valence-electron chi connectivity index (χ4n) is 4.11. The Bertz CT molecular complexity index is 866. The minimum atomic E-state index is -0.110. The van der Waals surface area contributed by atoms with E-state index in [1.54, 1.807) is 18.2 Å². The van der Waals surface area contributed by atoms with Gasteiger partial charge in [0.2, 0.25) is 0 Å². The summed E-state index contributed by atoms with van der Waals surface area (Å²) in [6.07, 6.45) is 2.89. The molecule has 2 aliphatic rings. The molecule has 4 nitrogen and oxygen atoms in total. The van der Waals surface area contributed by atoms with Crippen molar-refractivity contribution < 1.29 is 19.8 Å². The highest BCUT2D eigenvalue weighted by Crippen LogP contribution is 2.43. The van der Waals surface area contributed by atoms with E-state index in [1.165, 1.54) is 6.07 Å². The highest BCUT2D eigenvalue weighted by Gasteiger charge is 2.33. The summed E-state index contributed by atoms with van der Waals surface area (Å²) in [7, 11) is 0. The second-order valence-corrected chi connectivity index (χ2v) is 6.56. The second-order valence-electron chi connectivity index (χ2n) is 6.56. The fourth-order valence-corrected chi connectivity index (χ4v) is 4.11. The largest absolute Gasteiger partial charge is 0.508 e. The number of carbonyl (C=O) groups excluding carboxylic acids is 2. The Labute approximate surface area is 139 Å². The zero-order chi connectivity index (χ0) is 16.8. The third kappa shape index (κ3) is 2.13. The van der Waals surface area contributed by atoms with Crippen LogP contribution in [0, 0.1) is 0 Å². The molecule has 122 valence electrons. The number of hydrogen-bond donors (Lipinski definition) is 2. The number of hydrogen-bond acceptors (Lipinski definition) is 4. The maximum Gasteiger partial charge on any atom is 0.166 e. The lowest BCUT2D eigenvalue weighted by molar-refractivity contribution is 0.0965. The summed E-state index contributed by atoms with van der Waals surface area (Å²) in [6.45, 7) is 0. The van der Waals surface area contributed by atoms with Gasteiger partial charge in [-0.2, -0.15) is 0 Å². The molecule has 0 heterocycles. The molecule has 4 heteroatoms. The van der Waals surface area contributed by atoms with Crippen LogP contribution < -0.4 is 0 Å². The van der Waals surface area contributed by atoms with E-state index in [2.05, 4.69) is 0 Å². The van der Waals surface area contributed by atoms with Crippen molar-refractivity contribution in [3.05, 3.63) is 58.1 Å². The van der Waals surface area contributed by atoms with Crippen LogP contribution in [0.25, 0.3) is 0 Å². The molecule has 0 aliphatic heterocycles. The Morgan fingerprint density at radius 2 is 1.54 bits per heavy atom. The first-order valence-corrected chi connectivity index (χ1v) is 8.31. The van der Waals surface area contributed by atoms with Crippen molar-refractivity contribution in [3.8, 4) is 11.5 Å². The number of rotatable bonds is 1. The number of Topliss-reactive ketones (excluding diaryl/α,β-unsaturated/α-hetero) is 2. The average Bonchev–Trinajstić information content (AvgIpc) is 2.57. The molecule has 0 saturated carbocycles. The van der Waals surface area contributed by atoms with Gasteiger partial charge < -0.3 is 10.2 Å². The number of benzene rings is 2. The first-order chi connectivity index (χ1) is 11.6. The summed E-state index contributed by atoms with van der Waals surface area (Å²) < 4.78 is 0. The van der Waals surface area contributed by atoms with E-state index in [4.69, 9.17) is 0 Å². The lowest BCUT2D eigenvalue weighted by Crippen LogP contribution is -2.21. The molecule has 0 amide bonds. The Balaban J connectivity index is 1.93. The number of fused-ring (bicyclic) bond motifs is 2. The van der Waals surface area contributed by atoms with E-state index in [0.29, 0.717) is 36.8 Å². The van der Waals surface area contributed by atoms with Crippen molar-refractivity contribution in [2.45, 2.75) is 38.0 Å². The van der Waals surface area contributed by atoms with Gasteiger partial charge in [-0.1, -0.05) is 18.2 Å². The van der Waals surface area contributed by atoms with Gasteiger partial charge in [-0.05, 0) is 42.5 Å². The van der Waals surface area contributed by atoms with Crippen LogP contribution in [0.5, 0.6) is 11.5 Å². The fraction of sp³-hybridized carbons (Fsp3) is 0.300. The van der Waals surface area contributed by atoms with Crippen LogP contribution in [-0.2, 0) is 6.42 Å². The molecule has 0 saturated heterocycles. The molecule has 2 aromatic rings. The van der Waals surface area contributed by atoms with Crippen LogP contribution in [0.1, 0.15) is 69.0 Å². The van der Waals surface area contributed by atoms with Gasteiger partial charge in [0.25, 0.3) is 0 Å². The van der Waals surface area contributed by atoms with E-state index in [1.807, 2.05) is 6.07 Å². The van der Waals surface area contributed by atoms with E-state index in [-0.39, 0.29) is 29.0 Å². The number of aromatic hydroxyl groups is 2. The normalized spacial score (nSPS) is 19.8. The number of carbonyl (C=O) groups is 2. The highest BCUT2D eigenvalue weighted by molar-refractivity contribution is 6.03. The monoisotopic (exact) mass is 322 g/mol. The molecule has 0 fully saturated rings. The summed E-state index contributed by atoms with van der Waals surface area (Å²) in [5, 5.41) is 20.2. The first-order valence-electron chi connectivity index (χ1n) is 8.31. The van der Waals surface area contributed by atoms with Crippen LogP contribution in [0.3, 0.4) is 0 Å². The van der Waals surface area contributed by atoms with Crippen molar-refractivity contribution >= 4 is 11.6 Å². The molecule has 24 heavy (non-hydrogen) atoms. The van der Waals surface area contributed by atoms with Crippen molar-refractivity contribution in [1.29, 1.82) is 0 Å². The van der Waals surface area contributed by atoms with Crippen molar-refractivity contribution in [3.63, 3.8) is 0 Å². The highest BCUT2D eigenvalue weighted by atomic mass is 16.3. The van der Waals surface area contributed by atoms with E-state index >= 15 is 0 Å². The lowest BCUT2D eigenvalue weighted by atomic mass is 9.74. The first kappa shape index (κ1) is 14.9. The lowest BCUT2D eigenvalue weighted by Gasteiger charge is -2.29. The van der Waals surface area contributed by atoms with Gasteiger partial charge in [0, 0.05) is 29.9 Å². The van der Waals surface area contributed by atoms with Crippen LogP contribution >= 0.6 is 0 Å². The number of phenols is 2. The van der Waals surface area contributed by atoms with Crippen LogP contribution in [0.2, 0.25) is 0 Å². The molecule has 0 spiro atoms. The van der Waals surface area contributed by atoms with Gasteiger partial charge in [-0.25, -0.2) is 0 Å². The zero-order valence-corrected chi connectivity index (χ0v) is 13.2. The quantitative estimate of drug-likeness (QED) is 0.839. The minimum Gasteiger partial charge on any atom is -0.508 e. The zero-order valence-electron chi connectivity index (χ0n) is 13.2. The molecule has 4 rings (SSSR count). The topological polar surface area (TPSA) is 74.6 Å². The molecule has 1 unspecified atom stereocenters. The van der Waals surface area contributed by atoms with Crippen LogP contribution in [0.15, 0.2) is 30.3 Å². The molecular formula is C20H18O4. The Morgan fingerprint density at radius 1 is 0.792 bits per heavy atom. The van der Waals surface area contributed by atoms with Crippen molar-refractivity contribution in [2.24, 2.45) is 0 Å². The van der Waals surface area contributed by atoms with E-state index < -0.39 is 0 Å². The molecular weight excluding hydrogens is 304 g/mol. The minimum absolute atomic E-state index is 0.00109. The van der Waals surface area contributed by atoms with Gasteiger partial charge in [-0.15, -0.1) is 0 Å². The number of ketones is 2. The van der Waals surface area contributed by atoms with Gasteiger partial charge in [0.05, 0.1) is 5.56 Å². The molecule has 0 aromatic heterocycles. The van der Waals surface area contributed by atoms with Crippen molar-refractivity contribution in [2.75, 3.05) is 0 Å². The van der Waals surface area contributed by atoms with E-state index in [0.717, 1.165) is 23.1 Å². The van der Waals surface area contributed by atoms with Crippen molar-refractivity contribution in [1.82, 2.24) is 0 Å². The van der Waals surface area contributed by atoms with Gasteiger partial charge in [-0.3, -0.25) is 9.59 Å². The summed E-state index contributed by atoms with van der Waals surface area (Å²) in [4.78, 5) is 24.7. The summed E-state index contributed by atoms with van der Waals surface area (Å²) in [5.41, 5.74) is 3.36. The molecule has 2 aliphatic carbocycles. The molecule has 2 aromatic carbocycles. The second kappa shape index (κ2) is 5.48. The van der Waals surface area contributed by atoms with Gasteiger partial charge in [0.1, 0.15) is 11.5 Å². The third-order valence-electron chi connectivity index (χ3n) is 5.19. The smallest absolute Gasteiger partial charge is 0.166 e. The standard InChI is InChI=1S/C20H18O4/c21-15-9-8-13(19-14(15)4-2-5-16(19)22)11-7-10-18(24)20-12(11)3-1-6-17(20)23/h1,3,6,8-9,11,21,23H,2,4-5,7,10H2. The van der Waals surface area contributed by atoms with Gasteiger partial charge >= 0.3 is 0 Å². The summed E-state index contributed by atoms with van der Waals surface area (Å²) in [5.74, 6) is 0.0614. The van der Waals surface area contributed by atoms with Crippen LogP contribution in [0.4, 0.5) is 0 Å². The average molecular weight is 322 g/mol. The molecule has 0 radical (unpaired) electrons. The predicted octanol–water partition coefficient (Wildman–Crippen LogP) is 3.73. The van der Waals surface area contributed by atoms with E-state index in [9.17, 15) is 19.8 Å². The summed E-state index contributed by atoms with van der Waals surface area (Å²) in [6, 6.07) is 8.55.